The lowest BCUT2D eigenvalue weighted by Gasteiger charge is -2.12. The molecule has 0 aliphatic heterocycles. The molecule has 1 atom stereocenters. The second kappa shape index (κ2) is 5.86. The van der Waals surface area contributed by atoms with Crippen LogP contribution in [0.1, 0.15) is 31.7 Å². The molecule has 1 unspecified atom stereocenters. The van der Waals surface area contributed by atoms with Gasteiger partial charge >= 0.3 is 0 Å². The summed E-state index contributed by atoms with van der Waals surface area (Å²) >= 11 is 0. The molecule has 3 N–H and O–H groups in total. The van der Waals surface area contributed by atoms with E-state index < -0.39 is 15.9 Å². The monoisotopic (exact) mass is 270 g/mol. The van der Waals surface area contributed by atoms with Gasteiger partial charge in [-0.3, -0.25) is 9.52 Å². The largest absolute Gasteiger partial charge is 0.399 e. The van der Waals surface area contributed by atoms with Crippen LogP contribution in [0.25, 0.3) is 0 Å². The Balaban J connectivity index is 2.62. The second-order valence-corrected chi connectivity index (χ2v) is 6.21. The van der Waals surface area contributed by atoms with E-state index in [0.29, 0.717) is 5.69 Å². The molecular formula is C12H18N2O3S. The number of nitrogens with one attached hydrogen (secondary N) is 1. The van der Waals surface area contributed by atoms with Crippen LogP contribution in [0.2, 0.25) is 0 Å². The summed E-state index contributed by atoms with van der Waals surface area (Å²) in [6.45, 7) is 3.35. The lowest BCUT2D eigenvalue weighted by atomic mass is 9.97. The van der Waals surface area contributed by atoms with Gasteiger partial charge in [0.15, 0.2) is 0 Å². The number of amides is 1. The molecule has 0 aromatic heterocycles. The molecule has 1 rings (SSSR count). The van der Waals surface area contributed by atoms with Crippen LogP contribution in [-0.4, -0.2) is 20.1 Å². The first-order chi connectivity index (χ1) is 8.34. The topological polar surface area (TPSA) is 89.3 Å². The van der Waals surface area contributed by atoms with E-state index in [4.69, 9.17) is 5.73 Å². The van der Waals surface area contributed by atoms with Gasteiger partial charge in [-0.25, -0.2) is 8.42 Å². The Hall–Kier alpha value is -1.56. The van der Waals surface area contributed by atoms with E-state index in [9.17, 15) is 13.2 Å². The summed E-state index contributed by atoms with van der Waals surface area (Å²) in [7, 11) is -3.47. The number of anilines is 1. The Morgan fingerprint density at radius 3 is 2.39 bits per heavy atom. The molecule has 0 aliphatic carbocycles. The standard InChI is InChI=1S/C12H18N2O3S/c1-3-18(16,17)14-12(15)8-9(2)10-4-6-11(13)7-5-10/h4-7,9H,3,8,13H2,1-2H3,(H,14,15). The molecule has 1 amide bonds. The third-order valence-electron chi connectivity index (χ3n) is 2.65. The number of rotatable bonds is 5. The van der Waals surface area contributed by atoms with Gasteiger partial charge in [0.1, 0.15) is 0 Å². The van der Waals surface area contributed by atoms with E-state index in [0.717, 1.165) is 5.56 Å². The van der Waals surface area contributed by atoms with Crippen molar-refractivity contribution >= 4 is 21.6 Å². The van der Waals surface area contributed by atoms with Crippen LogP contribution in [0, 0.1) is 0 Å². The van der Waals surface area contributed by atoms with E-state index in [1.165, 1.54) is 6.92 Å². The first kappa shape index (κ1) is 14.5. The molecule has 0 heterocycles. The smallest absolute Gasteiger partial charge is 0.234 e. The zero-order valence-corrected chi connectivity index (χ0v) is 11.3. The van der Waals surface area contributed by atoms with Crippen LogP contribution >= 0.6 is 0 Å². The first-order valence-electron chi connectivity index (χ1n) is 5.73. The zero-order chi connectivity index (χ0) is 13.8. The first-order valence-corrected chi connectivity index (χ1v) is 7.38. The zero-order valence-electron chi connectivity index (χ0n) is 10.5. The summed E-state index contributed by atoms with van der Waals surface area (Å²) in [5.41, 5.74) is 7.18. The normalized spacial score (nSPS) is 13.0. The van der Waals surface area contributed by atoms with Crippen LogP contribution in [-0.2, 0) is 14.8 Å². The number of benzene rings is 1. The summed E-state index contributed by atoms with van der Waals surface area (Å²) in [5, 5.41) is 0. The maximum absolute atomic E-state index is 11.6. The maximum Gasteiger partial charge on any atom is 0.234 e. The van der Waals surface area contributed by atoms with Crippen LogP contribution in [0.5, 0.6) is 0 Å². The molecule has 0 fully saturated rings. The molecule has 0 saturated carbocycles. The predicted octanol–water partition coefficient (Wildman–Crippen LogP) is 1.23. The van der Waals surface area contributed by atoms with Gasteiger partial charge < -0.3 is 5.73 Å². The summed E-state index contributed by atoms with van der Waals surface area (Å²) in [5.74, 6) is -0.645. The molecular weight excluding hydrogens is 252 g/mol. The highest BCUT2D eigenvalue weighted by Crippen LogP contribution is 2.19. The molecule has 1 aromatic carbocycles. The highest BCUT2D eigenvalue weighted by Gasteiger charge is 2.15. The number of carbonyl (C=O) groups excluding carboxylic acids is 1. The number of sulfonamides is 1. The van der Waals surface area contributed by atoms with Crippen molar-refractivity contribution in [3.63, 3.8) is 0 Å². The Morgan fingerprint density at radius 1 is 1.33 bits per heavy atom. The fourth-order valence-corrected chi connectivity index (χ4v) is 2.08. The fourth-order valence-electron chi connectivity index (χ4n) is 1.51. The highest BCUT2D eigenvalue weighted by atomic mass is 32.2. The van der Waals surface area contributed by atoms with Gasteiger partial charge in [0.2, 0.25) is 15.9 Å². The van der Waals surface area contributed by atoms with Gasteiger partial charge in [-0.15, -0.1) is 0 Å². The van der Waals surface area contributed by atoms with Crippen molar-refractivity contribution in [2.75, 3.05) is 11.5 Å². The number of nitrogens with two attached hydrogens (primary N) is 1. The van der Waals surface area contributed by atoms with Crippen LogP contribution in [0.15, 0.2) is 24.3 Å². The van der Waals surface area contributed by atoms with Gasteiger partial charge in [0.05, 0.1) is 5.75 Å². The quantitative estimate of drug-likeness (QED) is 0.787. The van der Waals surface area contributed by atoms with Crippen LogP contribution in [0.3, 0.4) is 0 Å². The molecule has 6 heteroatoms. The van der Waals surface area contributed by atoms with Crippen molar-refractivity contribution in [3.05, 3.63) is 29.8 Å². The highest BCUT2D eigenvalue weighted by molar-refractivity contribution is 7.90. The van der Waals surface area contributed by atoms with Gasteiger partial charge in [-0.1, -0.05) is 19.1 Å². The Morgan fingerprint density at radius 2 is 1.89 bits per heavy atom. The maximum atomic E-state index is 11.6. The third kappa shape index (κ3) is 4.37. The summed E-state index contributed by atoms with van der Waals surface area (Å²) in [4.78, 5) is 11.6. The average molecular weight is 270 g/mol. The molecule has 0 spiro atoms. The average Bonchev–Trinajstić information content (AvgIpc) is 2.29. The van der Waals surface area contributed by atoms with E-state index in [1.54, 1.807) is 12.1 Å². The molecule has 0 bridgehead atoms. The van der Waals surface area contributed by atoms with E-state index in [2.05, 4.69) is 0 Å². The van der Waals surface area contributed by atoms with E-state index in [-0.39, 0.29) is 18.1 Å². The Labute approximate surface area is 107 Å². The molecule has 18 heavy (non-hydrogen) atoms. The summed E-state index contributed by atoms with van der Waals surface area (Å²) in [6, 6.07) is 7.18. The lowest BCUT2D eigenvalue weighted by molar-refractivity contribution is -0.119. The molecule has 0 radical (unpaired) electrons. The van der Waals surface area contributed by atoms with Crippen molar-refractivity contribution in [2.45, 2.75) is 26.2 Å². The van der Waals surface area contributed by atoms with Crippen molar-refractivity contribution in [1.29, 1.82) is 0 Å². The number of hydrogen-bond donors (Lipinski definition) is 2. The SMILES string of the molecule is CCS(=O)(=O)NC(=O)CC(C)c1ccc(N)cc1. The van der Waals surface area contributed by atoms with Crippen molar-refractivity contribution in [3.8, 4) is 0 Å². The van der Waals surface area contributed by atoms with E-state index in [1.807, 2.05) is 23.8 Å². The van der Waals surface area contributed by atoms with E-state index >= 15 is 0 Å². The lowest BCUT2D eigenvalue weighted by Crippen LogP contribution is -2.32. The van der Waals surface area contributed by atoms with Gasteiger partial charge in [-0.2, -0.15) is 0 Å². The minimum atomic E-state index is -3.47. The molecule has 100 valence electrons. The second-order valence-electron chi connectivity index (χ2n) is 4.20. The van der Waals surface area contributed by atoms with Gasteiger partial charge in [0.25, 0.3) is 0 Å². The van der Waals surface area contributed by atoms with Crippen LogP contribution < -0.4 is 10.5 Å². The van der Waals surface area contributed by atoms with Gasteiger partial charge in [-0.05, 0) is 30.5 Å². The third-order valence-corrected chi connectivity index (χ3v) is 3.95. The van der Waals surface area contributed by atoms with Crippen LogP contribution in [0.4, 0.5) is 5.69 Å². The Bertz CT molecular complexity index is 509. The molecule has 1 aromatic rings. The minimum Gasteiger partial charge on any atom is -0.399 e. The number of carbonyl (C=O) groups is 1. The van der Waals surface area contributed by atoms with Crippen molar-refractivity contribution < 1.29 is 13.2 Å². The fraction of sp³-hybridized carbons (Fsp3) is 0.417. The summed E-state index contributed by atoms with van der Waals surface area (Å²) in [6.07, 6.45) is 0.128. The number of hydrogen-bond acceptors (Lipinski definition) is 4. The predicted molar refractivity (Wildman–Crippen MR) is 71.5 cm³/mol. The Kier molecular flexibility index (Phi) is 4.72. The minimum absolute atomic E-state index is 0.0577. The van der Waals surface area contributed by atoms with Crippen molar-refractivity contribution in [1.82, 2.24) is 4.72 Å². The summed E-state index contributed by atoms with van der Waals surface area (Å²) < 4.78 is 24.5. The van der Waals surface area contributed by atoms with Gasteiger partial charge in [0, 0.05) is 12.1 Å². The molecule has 0 saturated heterocycles. The number of nitrogen functional groups attached to an aromatic ring is 1. The molecule has 0 aliphatic rings. The molecule has 5 nitrogen and oxygen atoms in total. The van der Waals surface area contributed by atoms with Crippen molar-refractivity contribution in [2.24, 2.45) is 0 Å².